The van der Waals surface area contributed by atoms with Crippen molar-refractivity contribution < 1.29 is 23.8 Å². The van der Waals surface area contributed by atoms with Gasteiger partial charge < -0.3 is 24.4 Å². The maximum absolute atomic E-state index is 12.6. The molecule has 0 unspecified atom stereocenters. The van der Waals surface area contributed by atoms with Crippen LogP contribution in [0, 0.1) is 5.92 Å². The Morgan fingerprint density at radius 1 is 1.24 bits per heavy atom. The molecule has 1 N–H and O–H groups in total. The Labute approximate surface area is 173 Å². The number of thiazole rings is 1. The smallest absolute Gasteiger partial charge is 0.409 e. The lowest BCUT2D eigenvalue weighted by molar-refractivity contribution is -0.121. The largest absolute Gasteiger partial charge is 0.497 e. The molecule has 2 amide bonds. The van der Waals surface area contributed by atoms with E-state index in [1.807, 2.05) is 17.5 Å². The minimum absolute atomic E-state index is 0.0731. The molecule has 9 heteroatoms. The van der Waals surface area contributed by atoms with E-state index in [2.05, 4.69) is 10.3 Å². The Morgan fingerprint density at radius 2 is 2.00 bits per heavy atom. The average Bonchev–Trinajstić information content (AvgIpc) is 3.21. The predicted octanol–water partition coefficient (Wildman–Crippen LogP) is 3.63. The van der Waals surface area contributed by atoms with E-state index in [0.29, 0.717) is 49.2 Å². The van der Waals surface area contributed by atoms with Gasteiger partial charge in [-0.2, -0.15) is 0 Å². The summed E-state index contributed by atoms with van der Waals surface area (Å²) in [4.78, 5) is 30.5. The summed E-state index contributed by atoms with van der Waals surface area (Å²) in [5.74, 6) is 1.13. The zero-order chi connectivity index (χ0) is 20.8. The minimum Gasteiger partial charge on any atom is -0.497 e. The van der Waals surface area contributed by atoms with Crippen LogP contribution in [-0.2, 0) is 9.53 Å². The number of rotatable bonds is 6. The fourth-order valence-corrected chi connectivity index (χ4v) is 3.92. The van der Waals surface area contributed by atoms with Crippen LogP contribution in [0.5, 0.6) is 11.5 Å². The summed E-state index contributed by atoms with van der Waals surface area (Å²) in [6.45, 7) is 3.17. The Hall–Kier alpha value is -2.81. The van der Waals surface area contributed by atoms with Crippen LogP contribution >= 0.6 is 11.3 Å². The van der Waals surface area contributed by atoms with Crippen LogP contribution in [0.15, 0.2) is 23.6 Å². The highest BCUT2D eigenvalue weighted by Gasteiger charge is 2.28. The van der Waals surface area contributed by atoms with Gasteiger partial charge in [0.25, 0.3) is 0 Å². The summed E-state index contributed by atoms with van der Waals surface area (Å²) in [5.41, 5.74) is 1.55. The van der Waals surface area contributed by atoms with Crippen LogP contribution < -0.4 is 14.8 Å². The van der Waals surface area contributed by atoms with Crippen molar-refractivity contribution in [1.29, 1.82) is 0 Å². The molecule has 1 aromatic carbocycles. The first-order valence-corrected chi connectivity index (χ1v) is 10.3. The zero-order valence-electron chi connectivity index (χ0n) is 16.8. The maximum Gasteiger partial charge on any atom is 0.409 e. The second-order valence-electron chi connectivity index (χ2n) is 6.55. The fraction of sp³-hybridized carbons (Fsp3) is 0.450. The molecule has 156 valence electrons. The van der Waals surface area contributed by atoms with Crippen molar-refractivity contribution >= 4 is 28.5 Å². The minimum atomic E-state index is -0.315. The van der Waals surface area contributed by atoms with Crippen molar-refractivity contribution in [3.63, 3.8) is 0 Å². The normalized spacial score (nSPS) is 14.4. The van der Waals surface area contributed by atoms with E-state index in [0.717, 1.165) is 11.3 Å². The Morgan fingerprint density at radius 3 is 2.66 bits per heavy atom. The third kappa shape index (κ3) is 4.97. The van der Waals surface area contributed by atoms with Crippen LogP contribution in [0.25, 0.3) is 11.3 Å². The summed E-state index contributed by atoms with van der Waals surface area (Å²) < 4.78 is 15.7. The van der Waals surface area contributed by atoms with Crippen LogP contribution in [-0.4, -0.2) is 55.8 Å². The topological polar surface area (TPSA) is 90.0 Å². The van der Waals surface area contributed by atoms with Crippen molar-refractivity contribution in [3.05, 3.63) is 23.6 Å². The van der Waals surface area contributed by atoms with Crippen molar-refractivity contribution in [3.8, 4) is 22.8 Å². The standard InChI is InChI=1S/C20H25N3O5S/c1-4-28-20(25)23-9-7-13(8-10-23)18(24)22-19-21-16(12-29-19)15-6-5-14(26-2)11-17(15)27-3/h5-6,11-13H,4,7-10H2,1-3H3,(H,21,22,24). The molecule has 1 fully saturated rings. The number of hydrogen-bond donors (Lipinski definition) is 1. The van der Waals surface area contributed by atoms with Gasteiger partial charge in [-0.15, -0.1) is 11.3 Å². The van der Waals surface area contributed by atoms with E-state index in [1.165, 1.54) is 11.3 Å². The predicted molar refractivity (Wildman–Crippen MR) is 111 cm³/mol. The number of methoxy groups -OCH3 is 2. The number of hydrogen-bond acceptors (Lipinski definition) is 7. The first-order chi connectivity index (χ1) is 14.0. The molecule has 0 radical (unpaired) electrons. The lowest BCUT2D eigenvalue weighted by atomic mass is 9.96. The van der Waals surface area contributed by atoms with Gasteiger partial charge in [-0.25, -0.2) is 9.78 Å². The van der Waals surface area contributed by atoms with E-state index in [-0.39, 0.29) is 17.9 Å². The third-order valence-electron chi connectivity index (χ3n) is 4.81. The number of aromatic nitrogens is 1. The summed E-state index contributed by atoms with van der Waals surface area (Å²) in [6.07, 6.45) is 0.897. The molecule has 0 spiro atoms. The molecule has 1 aromatic heterocycles. The SMILES string of the molecule is CCOC(=O)N1CCC(C(=O)Nc2nc(-c3ccc(OC)cc3OC)cs2)CC1. The lowest BCUT2D eigenvalue weighted by Gasteiger charge is -2.30. The van der Waals surface area contributed by atoms with Gasteiger partial charge in [0.15, 0.2) is 5.13 Å². The van der Waals surface area contributed by atoms with Crippen LogP contribution in [0.1, 0.15) is 19.8 Å². The molecule has 29 heavy (non-hydrogen) atoms. The molecule has 1 aliphatic heterocycles. The number of anilines is 1. The molecule has 0 bridgehead atoms. The van der Waals surface area contributed by atoms with E-state index < -0.39 is 0 Å². The molecule has 0 aliphatic carbocycles. The van der Waals surface area contributed by atoms with Crippen LogP contribution in [0.4, 0.5) is 9.93 Å². The number of piperidine rings is 1. The van der Waals surface area contributed by atoms with Gasteiger partial charge >= 0.3 is 6.09 Å². The Kier molecular flexibility index (Phi) is 6.92. The van der Waals surface area contributed by atoms with Crippen molar-refractivity contribution in [2.24, 2.45) is 5.92 Å². The van der Waals surface area contributed by atoms with Crippen molar-refractivity contribution in [2.45, 2.75) is 19.8 Å². The zero-order valence-corrected chi connectivity index (χ0v) is 17.6. The van der Waals surface area contributed by atoms with Crippen LogP contribution in [0.2, 0.25) is 0 Å². The van der Waals surface area contributed by atoms with Crippen molar-refractivity contribution in [1.82, 2.24) is 9.88 Å². The number of amides is 2. The van der Waals surface area contributed by atoms with Gasteiger partial charge in [-0.05, 0) is 31.9 Å². The number of carbonyl (C=O) groups is 2. The molecule has 1 aliphatic rings. The van der Waals surface area contributed by atoms with E-state index in [1.54, 1.807) is 32.1 Å². The molecule has 0 atom stereocenters. The van der Waals surface area contributed by atoms with Crippen LogP contribution in [0.3, 0.4) is 0 Å². The van der Waals surface area contributed by atoms with Gasteiger partial charge in [0.05, 0.1) is 26.5 Å². The Balaban J connectivity index is 1.61. The number of benzene rings is 1. The highest BCUT2D eigenvalue weighted by Crippen LogP contribution is 2.35. The quantitative estimate of drug-likeness (QED) is 0.769. The second kappa shape index (κ2) is 9.60. The highest BCUT2D eigenvalue weighted by atomic mass is 32.1. The van der Waals surface area contributed by atoms with E-state index >= 15 is 0 Å². The summed E-state index contributed by atoms with van der Waals surface area (Å²) in [7, 11) is 3.19. The fourth-order valence-electron chi connectivity index (χ4n) is 3.21. The van der Waals surface area contributed by atoms with E-state index in [9.17, 15) is 9.59 Å². The van der Waals surface area contributed by atoms with E-state index in [4.69, 9.17) is 14.2 Å². The Bertz CT molecular complexity index is 862. The summed E-state index contributed by atoms with van der Waals surface area (Å²) >= 11 is 1.36. The molecule has 3 rings (SSSR count). The first-order valence-electron chi connectivity index (χ1n) is 9.46. The monoisotopic (exact) mass is 419 g/mol. The van der Waals surface area contributed by atoms with Gasteiger partial charge in [0.2, 0.25) is 5.91 Å². The maximum atomic E-state index is 12.6. The number of nitrogens with one attached hydrogen (secondary N) is 1. The van der Waals surface area contributed by atoms with Crippen molar-refractivity contribution in [2.75, 3.05) is 39.2 Å². The highest BCUT2D eigenvalue weighted by molar-refractivity contribution is 7.14. The number of nitrogens with zero attached hydrogens (tertiary/aromatic N) is 2. The molecule has 2 aromatic rings. The number of ether oxygens (including phenoxy) is 3. The molecule has 0 saturated carbocycles. The lowest BCUT2D eigenvalue weighted by Crippen LogP contribution is -2.41. The van der Waals surface area contributed by atoms with Gasteiger partial charge in [-0.1, -0.05) is 0 Å². The number of carbonyl (C=O) groups excluding carboxylic acids is 2. The molecular formula is C20H25N3O5S. The molecular weight excluding hydrogens is 394 g/mol. The first kappa shape index (κ1) is 20.9. The summed E-state index contributed by atoms with van der Waals surface area (Å²) in [6, 6.07) is 5.51. The van der Waals surface area contributed by atoms with Gasteiger partial charge in [0, 0.05) is 36.0 Å². The van der Waals surface area contributed by atoms with Gasteiger partial charge in [-0.3, -0.25) is 4.79 Å². The molecule has 2 heterocycles. The summed E-state index contributed by atoms with van der Waals surface area (Å²) in [5, 5.41) is 5.32. The second-order valence-corrected chi connectivity index (χ2v) is 7.41. The molecule has 8 nitrogen and oxygen atoms in total. The molecule has 1 saturated heterocycles. The average molecular weight is 420 g/mol. The third-order valence-corrected chi connectivity index (χ3v) is 5.57. The number of likely N-dealkylation sites (tertiary alicyclic amines) is 1. The van der Waals surface area contributed by atoms with Gasteiger partial charge in [0.1, 0.15) is 11.5 Å².